The van der Waals surface area contributed by atoms with E-state index in [2.05, 4.69) is 10.6 Å². The number of nitrogens with two attached hydrogens (primary N) is 1. The highest BCUT2D eigenvalue weighted by atomic mass is 19.1. The first-order chi connectivity index (χ1) is 23.4. The van der Waals surface area contributed by atoms with Crippen molar-refractivity contribution >= 4 is 35.5 Å². The van der Waals surface area contributed by atoms with E-state index in [1.807, 2.05) is 33.8 Å². The number of carbonyl (C=O) groups excluding carboxylic acids is 6. The molecule has 1 aromatic rings. The molecule has 14 heteroatoms. The van der Waals surface area contributed by atoms with E-state index in [9.17, 15) is 33.2 Å². The summed E-state index contributed by atoms with van der Waals surface area (Å²) in [6.07, 6.45) is 0.517. The van der Waals surface area contributed by atoms with Crippen molar-refractivity contribution in [3.05, 3.63) is 35.9 Å². The molecule has 1 aromatic carbocycles. The van der Waals surface area contributed by atoms with Crippen LogP contribution in [0.4, 0.5) is 4.39 Å². The van der Waals surface area contributed by atoms with Gasteiger partial charge in [0.05, 0.1) is 19.3 Å². The standard InChI is InChI=1S/C36H59FN6O7/c1-11-27(38)33(46)43(25(7)36(49)50-21-26-15-13-12-14-16-26)34(47)29(18-23(4)5)42(10)35(48)31(24(6)19-37)40-32(45)28(17-22(2)3)41(9)30(44)20-39-8/h12-16,22-25,27-29,31,39H,11,17-21,38H2,1-10H3,(H,40,45)/t24?,25-,27?,28-,29-,31-/m0/s1. The second-order valence-electron chi connectivity index (χ2n) is 13.7. The van der Waals surface area contributed by atoms with Gasteiger partial charge in [-0.05, 0) is 50.6 Å². The molecule has 0 aliphatic rings. The Morgan fingerprint density at radius 3 is 1.90 bits per heavy atom. The molecule has 6 atom stereocenters. The number of ether oxygens (including phenoxy) is 1. The Morgan fingerprint density at radius 2 is 1.40 bits per heavy atom. The van der Waals surface area contributed by atoms with Crippen LogP contribution in [0.15, 0.2) is 30.3 Å². The molecule has 1 rings (SSSR count). The number of esters is 1. The first kappa shape index (κ1) is 44.1. The summed E-state index contributed by atoms with van der Waals surface area (Å²) in [5, 5.41) is 5.42. The summed E-state index contributed by atoms with van der Waals surface area (Å²) in [6, 6.07) is 2.70. The fraction of sp³-hybridized carbons (Fsp3) is 0.667. The molecule has 5 amide bonds. The molecular weight excluding hydrogens is 647 g/mol. The molecule has 0 fully saturated rings. The van der Waals surface area contributed by atoms with E-state index in [1.165, 1.54) is 32.8 Å². The van der Waals surface area contributed by atoms with Crippen LogP contribution < -0.4 is 16.4 Å². The van der Waals surface area contributed by atoms with Gasteiger partial charge in [-0.1, -0.05) is 71.9 Å². The average Bonchev–Trinajstić information content (AvgIpc) is 3.09. The lowest BCUT2D eigenvalue weighted by atomic mass is 9.96. The van der Waals surface area contributed by atoms with Crippen molar-refractivity contribution in [1.29, 1.82) is 0 Å². The largest absolute Gasteiger partial charge is 0.459 e. The molecule has 0 heterocycles. The third-order valence-corrected chi connectivity index (χ3v) is 8.54. The fourth-order valence-electron chi connectivity index (χ4n) is 5.33. The van der Waals surface area contributed by atoms with Crippen molar-refractivity contribution in [2.24, 2.45) is 23.5 Å². The summed E-state index contributed by atoms with van der Waals surface area (Å²) in [7, 11) is 4.43. The quantitative estimate of drug-likeness (QED) is 0.172. The Bertz CT molecular complexity index is 1280. The summed E-state index contributed by atoms with van der Waals surface area (Å²) in [5.74, 6) is -5.49. The number of amides is 5. The maximum atomic E-state index is 14.4. The zero-order valence-electron chi connectivity index (χ0n) is 31.4. The third kappa shape index (κ3) is 12.8. The monoisotopic (exact) mass is 706 g/mol. The minimum absolute atomic E-state index is 0.00145. The Kier molecular flexibility index (Phi) is 18.8. The second kappa shape index (κ2) is 21.3. The predicted molar refractivity (Wildman–Crippen MR) is 189 cm³/mol. The number of likely N-dealkylation sites (N-methyl/N-ethyl adjacent to an activating group) is 3. The van der Waals surface area contributed by atoms with Crippen molar-refractivity contribution < 1.29 is 37.9 Å². The number of hydrogen-bond acceptors (Lipinski definition) is 9. The second-order valence-corrected chi connectivity index (χ2v) is 13.7. The average molecular weight is 707 g/mol. The van der Waals surface area contributed by atoms with Gasteiger partial charge < -0.3 is 30.9 Å². The van der Waals surface area contributed by atoms with E-state index in [0.717, 1.165) is 9.80 Å². The molecule has 0 aliphatic carbocycles. The van der Waals surface area contributed by atoms with Crippen LogP contribution in [0, 0.1) is 17.8 Å². The summed E-state index contributed by atoms with van der Waals surface area (Å²) in [6.45, 7) is 10.8. The zero-order valence-corrected chi connectivity index (χ0v) is 31.4. The van der Waals surface area contributed by atoms with E-state index in [1.54, 1.807) is 38.2 Å². The number of nitrogens with one attached hydrogen (secondary N) is 2. The van der Waals surface area contributed by atoms with Gasteiger partial charge in [-0.15, -0.1) is 0 Å². The maximum Gasteiger partial charge on any atom is 0.329 e. The van der Waals surface area contributed by atoms with Crippen molar-refractivity contribution in [3.63, 3.8) is 0 Å². The van der Waals surface area contributed by atoms with E-state index >= 15 is 0 Å². The van der Waals surface area contributed by atoms with Gasteiger partial charge in [0.25, 0.3) is 5.91 Å². The predicted octanol–water partition coefficient (Wildman–Crippen LogP) is 2.27. The molecule has 0 bridgehead atoms. The van der Waals surface area contributed by atoms with Gasteiger partial charge in [-0.2, -0.15) is 0 Å². The topological polar surface area (TPSA) is 171 Å². The number of nitrogens with zero attached hydrogens (tertiary/aromatic N) is 3. The fourth-order valence-corrected chi connectivity index (χ4v) is 5.33. The summed E-state index contributed by atoms with van der Waals surface area (Å²) in [4.78, 5) is 85.0. The summed E-state index contributed by atoms with van der Waals surface area (Å²) >= 11 is 0. The van der Waals surface area contributed by atoms with Crippen molar-refractivity contribution in [3.8, 4) is 0 Å². The van der Waals surface area contributed by atoms with Crippen LogP contribution in [-0.2, 0) is 40.1 Å². The molecule has 13 nitrogen and oxygen atoms in total. The molecule has 0 spiro atoms. The van der Waals surface area contributed by atoms with Gasteiger partial charge >= 0.3 is 5.97 Å². The number of carbonyl (C=O) groups is 6. The highest BCUT2D eigenvalue weighted by Gasteiger charge is 2.43. The first-order valence-corrected chi connectivity index (χ1v) is 17.3. The maximum absolute atomic E-state index is 14.4. The smallest absolute Gasteiger partial charge is 0.329 e. The minimum atomic E-state index is -1.42. The van der Waals surface area contributed by atoms with Gasteiger partial charge in [0.1, 0.15) is 30.8 Å². The Labute approximate surface area is 296 Å². The van der Waals surface area contributed by atoms with Crippen LogP contribution in [0.3, 0.4) is 0 Å². The SMILES string of the molecule is CCC(N)C(=O)N(C(=O)[C@H](CC(C)C)N(C)C(=O)[C@@H](NC(=O)[C@H](CC(C)C)N(C)C(=O)CNC)C(C)CF)[C@@H](C)C(=O)OCc1ccccc1. The number of rotatable bonds is 20. The molecule has 0 radical (unpaired) electrons. The number of halogens is 1. The van der Waals surface area contributed by atoms with Gasteiger partial charge in [0.15, 0.2) is 0 Å². The van der Waals surface area contributed by atoms with Gasteiger partial charge in [-0.3, -0.25) is 33.3 Å². The van der Waals surface area contributed by atoms with Crippen molar-refractivity contribution in [2.75, 3.05) is 34.4 Å². The Hall–Kier alpha value is -3.91. The van der Waals surface area contributed by atoms with Crippen LogP contribution in [0.1, 0.15) is 73.3 Å². The summed E-state index contributed by atoms with van der Waals surface area (Å²) in [5.41, 5.74) is 6.79. The van der Waals surface area contributed by atoms with Crippen molar-refractivity contribution in [2.45, 2.75) is 105 Å². The molecule has 282 valence electrons. The molecule has 2 unspecified atom stereocenters. The number of hydrogen-bond donors (Lipinski definition) is 3. The molecule has 0 saturated heterocycles. The van der Waals surface area contributed by atoms with Crippen molar-refractivity contribution in [1.82, 2.24) is 25.3 Å². The van der Waals surface area contributed by atoms with Gasteiger partial charge in [0, 0.05) is 20.0 Å². The highest BCUT2D eigenvalue weighted by molar-refractivity contribution is 6.04. The van der Waals surface area contributed by atoms with E-state index in [4.69, 9.17) is 10.5 Å². The third-order valence-electron chi connectivity index (χ3n) is 8.54. The molecule has 0 saturated carbocycles. The molecule has 0 aromatic heterocycles. The van der Waals surface area contributed by atoms with Gasteiger partial charge in [-0.25, -0.2) is 4.79 Å². The number of benzene rings is 1. The Morgan fingerprint density at radius 1 is 0.840 bits per heavy atom. The van der Waals surface area contributed by atoms with Crippen LogP contribution in [0.25, 0.3) is 0 Å². The Balaban J connectivity index is 3.53. The van der Waals surface area contributed by atoms with E-state index in [0.29, 0.717) is 5.56 Å². The molecule has 0 aliphatic heterocycles. The van der Waals surface area contributed by atoms with Crippen LogP contribution in [0.5, 0.6) is 0 Å². The van der Waals surface area contributed by atoms with E-state index in [-0.39, 0.29) is 50.2 Å². The van der Waals surface area contributed by atoms with Crippen LogP contribution in [0.2, 0.25) is 0 Å². The van der Waals surface area contributed by atoms with Gasteiger partial charge in [0.2, 0.25) is 23.6 Å². The molecule has 4 N–H and O–H groups in total. The minimum Gasteiger partial charge on any atom is -0.459 e. The molecular formula is C36H59FN6O7. The van der Waals surface area contributed by atoms with Crippen LogP contribution in [-0.4, -0.2) is 115 Å². The highest BCUT2D eigenvalue weighted by Crippen LogP contribution is 2.21. The number of imide groups is 1. The zero-order chi connectivity index (χ0) is 38.3. The normalized spacial score (nSPS) is 14.9. The number of alkyl halides is 1. The lowest BCUT2D eigenvalue weighted by molar-refractivity contribution is -0.165. The summed E-state index contributed by atoms with van der Waals surface area (Å²) < 4.78 is 19.7. The van der Waals surface area contributed by atoms with E-state index < -0.39 is 72.4 Å². The first-order valence-electron chi connectivity index (χ1n) is 17.3. The lowest BCUT2D eigenvalue weighted by Crippen LogP contribution is -2.62. The van der Waals surface area contributed by atoms with Crippen LogP contribution >= 0.6 is 0 Å². The lowest BCUT2D eigenvalue weighted by Gasteiger charge is -2.38. The molecule has 50 heavy (non-hydrogen) atoms.